The van der Waals surface area contributed by atoms with Crippen LogP contribution < -0.4 is 16.0 Å². The van der Waals surface area contributed by atoms with E-state index in [1.165, 1.54) is 6.92 Å². The monoisotopic (exact) mass is 453 g/mol. The van der Waals surface area contributed by atoms with E-state index in [1.807, 2.05) is 6.07 Å². The summed E-state index contributed by atoms with van der Waals surface area (Å²) in [6, 6.07) is 5.15. The van der Waals surface area contributed by atoms with Crippen molar-refractivity contribution in [2.45, 2.75) is 51.9 Å². The average molecular weight is 453 g/mol. The lowest BCUT2D eigenvalue weighted by Gasteiger charge is -2.24. The van der Waals surface area contributed by atoms with Crippen molar-refractivity contribution in [3.63, 3.8) is 0 Å². The zero-order chi connectivity index (χ0) is 24.3. The van der Waals surface area contributed by atoms with E-state index in [2.05, 4.69) is 16.0 Å². The van der Waals surface area contributed by atoms with E-state index >= 15 is 0 Å². The third-order valence-electron chi connectivity index (χ3n) is 4.40. The van der Waals surface area contributed by atoms with Gasteiger partial charge in [-0.1, -0.05) is 44.2 Å². The summed E-state index contributed by atoms with van der Waals surface area (Å²) in [5.41, 5.74) is 0.761. The third-order valence-corrected chi connectivity index (χ3v) is 4.40. The highest BCUT2D eigenvalue weighted by atomic mass is 19.1. The van der Waals surface area contributed by atoms with Crippen LogP contribution in [-0.4, -0.2) is 59.6 Å². The van der Waals surface area contributed by atoms with Crippen LogP contribution in [0.25, 0.3) is 0 Å². The second-order valence-electron chi connectivity index (χ2n) is 7.42. The molecule has 3 amide bonds. The van der Waals surface area contributed by atoms with Gasteiger partial charge in [0.2, 0.25) is 11.8 Å². The van der Waals surface area contributed by atoms with Gasteiger partial charge in [-0.05, 0) is 18.4 Å². The molecule has 0 aliphatic rings. The molecule has 176 valence electrons. The fourth-order valence-electron chi connectivity index (χ4n) is 2.61. The molecule has 0 saturated heterocycles. The van der Waals surface area contributed by atoms with Crippen LogP contribution in [0.3, 0.4) is 0 Å². The van der Waals surface area contributed by atoms with E-state index in [0.29, 0.717) is 0 Å². The number of hydrogen-bond acceptors (Lipinski definition) is 6. The zero-order valence-electron chi connectivity index (χ0n) is 18.1. The van der Waals surface area contributed by atoms with Crippen LogP contribution in [0.15, 0.2) is 30.3 Å². The lowest BCUT2D eigenvalue weighted by atomic mass is 10.0. The van der Waals surface area contributed by atoms with Gasteiger partial charge >= 0.3 is 12.1 Å². The highest BCUT2D eigenvalue weighted by Gasteiger charge is 2.30. The Labute approximate surface area is 184 Å². The second kappa shape index (κ2) is 13.0. The number of alkyl carbamates (subject to hydrolysis) is 1. The first kappa shape index (κ1) is 26.5. The molecule has 0 aliphatic carbocycles. The summed E-state index contributed by atoms with van der Waals surface area (Å²) >= 11 is 0. The van der Waals surface area contributed by atoms with Gasteiger partial charge in [0.25, 0.3) is 0 Å². The van der Waals surface area contributed by atoms with Gasteiger partial charge in [-0.2, -0.15) is 0 Å². The lowest BCUT2D eigenvalue weighted by Crippen LogP contribution is -2.56. The molecule has 0 saturated carbocycles. The van der Waals surface area contributed by atoms with Gasteiger partial charge in [0.05, 0.1) is 6.42 Å². The molecule has 0 bridgehead atoms. The average Bonchev–Trinajstić information content (AvgIpc) is 2.74. The van der Waals surface area contributed by atoms with Crippen molar-refractivity contribution < 1.29 is 38.2 Å². The highest BCUT2D eigenvalue weighted by Crippen LogP contribution is 2.06. The molecule has 32 heavy (non-hydrogen) atoms. The SMILES string of the molecule is CC(C)[C@H](NC(=O)OCc1ccccc1)C(=O)N[C@H](C)C(=O)N[C@@H](CC(=O)O)C(=O)CF. The number of hydrogen-bond donors (Lipinski definition) is 4. The molecule has 0 aromatic heterocycles. The van der Waals surface area contributed by atoms with Gasteiger partial charge in [0.15, 0.2) is 5.78 Å². The Balaban J connectivity index is 2.67. The maximum absolute atomic E-state index is 12.6. The first-order valence-corrected chi connectivity index (χ1v) is 9.93. The maximum atomic E-state index is 12.6. The van der Waals surface area contributed by atoms with Crippen molar-refractivity contribution in [2.75, 3.05) is 6.67 Å². The number of ketones is 1. The van der Waals surface area contributed by atoms with Crippen LogP contribution in [0, 0.1) is 5.92 Å². The number of carboxylic acids is 1. The highest BCUT2D eigenvalue weighted by molar-refractivity contribution is 5.95. The second-order valence-corrected chi connectivity index (χ2v) is 7.42. The molecule has 0 aliphatic heterocycles. The standard InChI is InChI=1S/C21H28FN3O7/c1-12(2)18(25-21(31)32-11-14-7-5-4-6-8-14)20(30)23-13(3)19(29)24-15(9-17(27)28)16(26)10-22/h4-8,12-13,15,18H,9-11H2,1-3H3,(H,23,30)(H,24,29)(H,25,31)(H,27,28)/t13-,15+,18+/m1/s1. The smallest absolute Gasteiger partial charge is 0.408 e. The predicted octanol–water partition coefficient (Wildman–Crippen LogP) is 0.940. The van der Waals surface area contributed by atoms with Gasteiger partial charge in [-0.25, -0.2) is 9.18 Å². The van der Waals surface area contributed by atoms with Gasteiger partial charge in [-0.3, -0.25) is 19.2 Å². The van der Waals surface area contributed by atoms with E-state index in [0.717, 1.165) is 5.56 Å². The molecule has 0 spiro atoms. The summed E-state index contributed by atoms with van der Waals surface area (Å²) in [5.74, 6) is -4.41. The number of ether oxygens (including phenoxy) is 1. The number of carbonyl (C=O) groups is 5. The van der Waals surface area contributed by atoms with E-state index < -0.39 is 60.9 Å². The minimum absolute atomic E-state index is 0.00544. The molecule has 4 N–H and O–H groups in total. The molecular weight excluding hydrogens is 425 g/mol. The third kappa shape index (κ3) is 9.11. The van der Waals surface area contributed by atoms with Crippen molar-refractivity contribution in [1.29, 1.82) is 0 Å². The van der Waals surface area contributed by atoms with Crippen LogP contribution in [0.2, 0.25) is 0 Å². The zero-order valence-corrected chi connectivity index (χ0v) is 18.1. The minimum Gasteiger partial charge on any atom is -0.481 e. The number of rotatable bonds is 12. The summed E-state index contributed by atoms with van der Waals surface area (Å²) in [4.78, 5) is 59.3. The van der Waals surface area contributed by atoms with E-state index in [-0.39, 0.29) is 12.5 Å². The van der Waals surface area contributed by atoms with Crippen LogP contribution in [0.4, 0.5) is 9.18 Å². The summed E-state index contributed by atoms with van der Waals surface area (Å²) in [7, 11) is 0. The van der Waals surface area contributed by atoms with Crippen molar-refractivity contribution in [1.82, 2.24) is 16.0 Å². The molecule has 0 fully saturated rings. The van der Waals surface area contributed by atoms with E-state index in [4.69, 9.17) is 9.84 Å². The van der Waals surface area contributed by atoms with Gasteiger partial charge in [-0.15, -0.1) is 0 Å². The topological polar surface area (TPSA) is 151 Å². The Morgan fingerprint density at radius 1 is 0.969 bits per heavy atom. The number of amides is 3. The molecule has 1 aromatic rings. The van der Waals surface area contributed by atoms with Crippen molar-refractivity contribution in [2.24, 2.45) is 5.92 Å². The first-order valence-electron chi connectivity index (χ1n) is 9.93. The molecule has 0 heterocycles. The van der Waals surface area contributed by atoms with Crippen molar-refractivity contribution in [3.05, 3.63) is 35.9 Å². The fraction of sp³-hybridized carbons (Fsp3) is 0.476. The number of nitrogens with one attached hydrogen (secondary N) is 3. The normalized spacial score (nSPS) is 13.4. The Morgan fingerprint density at radius 2 is 1.59 bits per heavy atom. The number of alkyl halides is 1. The fourth-order valence-corrected chi connectivity index (χ4v) is 2.61. The van der Waals surface area contributed by atoms with Crippen LogP contribution in [0.1, 0.15) is 32.8 Å². The molecule has 11 heteroatoms. The number of halogens is 1. The Morgan fingerprint density at radius 3 is 2.12 bits per heavy atom. The molecule has 10 nitrogen and oxygen atoms in total. The van der Waals surface area contributed by atoms with Gasteiger partial charge in [0.1, 0.15) is 31.4 Å². The molecule has 0 unspecified atom stereocenters. The van der Waals surface area contributed by atoms with Crippen molar-refractivity contribution in [3.8, 4) is 0 Å². The number of carboxylic acid groups (broad SMARTS) is 1. The quantitative estimate of drug-likeness (QED) is 0.368. The molecule has 0 radical (unpaired) electrons. The maximum Gasteiger partial charge on any atom is 0.408 e. The summed E-state index contributed by atoms with van der Waals surface area (Å²) in [6.45, 7) is 3.22. The largest absolute Gasteiger partial charge is 0.481 e. The summed E-state index contributed by atoms with van der Waals surface area (Å²) < 4.78 is 17.7. The molecule has 1 aromatic carbocycles. The summed E-state index contributed by atoms with van der Waals surface area (Å²) in [5, 5.41) is 15.7. The minimum atomic E-state index is -1.56. The predicted molar refractivity (Wildman–Crippen MR) is 111 cm³/mol. The van der Waals surface area contributed by atoms with Crippen LogP contribution in [0.5, 0.6) is 0 Å². The number of carbonyl (C=O) groups excluding carboxylic acids is 4. The van der Waals surface area contributed by atoms with Crippen molar-refractivity contribution >= 4 is 29.7 Å². The van der Waals surface area contributed by atoms with Crippen LogP contribution in [-0.2, 0) is 30.5 Å². The molecule has 3 atom stereocenters. The number of aliphatic carboxylic acids is 1. The number of benzene rings is 1. The number of Topliss-reactive ketones (excluding diaryl/α,β-unsaturated/α-hetero) is 1. The Hall–Kier alpha value is -3.50. The lowest BCUT2D eigenvalue weighted by molar-refractivity contribution is -0.140. The first-order chi connectivity index (χ1) is 15.0. The summed E-state index contributed by atoms with van der Waals surface area (Å²) in [6.07, 6.45) is -1.62. The molecular formula is C21H28FN3O7. The van der Waals surface area contributed by atoms with E-state index in [9.17, 15) is 28.4 Å². The van der Waals surface area contributed by atoms with Crippen LogP contribution >= 0.6 is 0 Å². The Bertz CT molecular complexity index is 817. The van der Waals surface area contributed by atoms with Gasteiger partial charge < -0.3 is 25.8 Å². The van der Waals surface area contributed by atoms with E-state index in [1.54, 1.807) is 38.1 Å². The van der Waals surface area contributed by atoms with Gasteiger partial charge in [0, 0.05) is 0 Å². The molecule has 1 rings (SSSR count). The Kier molecular flexibility index (Phi) is 10.8.